The molecule has 0 saturated heterocycles. The van der Waals surface area contributed by atoms with Gasteiger partial charge in [-0.25, -0.2) is 0 Å². The van der Waals surface area contributed by atoms with Crippen LogP contribution in [-0.4, -0.2) is 37.2 Å². The summed E-state index contributed by atoms with van der Waals surface area (Å²) in [5.74, 6) is -0.905. The average Bonchev–Trinajstić information content (AvgIpc) is 3.19. The molecule has 0 aliphatic heterocycles. The van der Waals surface area contributed by atoms with Gasteiger partial charge < -0.3 is 14.2 Å². The highest BCUT2D eigenvalue weighted by Crippen LogP contribution is 2.14. The van der Waals surface area contributed by atoms with Crippen LogP contribution in [0.3, 0.4) is 0 Å². The lowest BCUT2D eigenvalue weighted by molar-refractivity contribution is -0.167. The van der Waals surface area contributed by atoms with E-state index in [2.05, 4.69) is 57.2 Å². The summed E-state index contributed by atoms with van der Waals surface area (Å²) < 4.78 is 16.7. The van der Waals surface area contributed by atoms with E-state index in [1.807, 2.05) is 0 Å². The number of carbonyl (C=O) groups excluding carboxylic acids is 3. The van der Waals surface area contributed by atoms with Crippen molar-refractivity contribution in [1.29, 1.82) is 0 Å². The average molecular weight is 787 g/mol. The van der Waals surface area contributed by atoms with Crippen LogP contribution in [0.1, 0.15) is 245 Å². The molecule has 0 bridgehead atoms. The SMILES string of the molecule is CCCC/C=C\CCCCCCCC(=O)OC[C@H](COC(=O)CCCCCCC/C=C\CCCCCCCC)OC(=O)CCCCCCC/C=C\CCCCC. The second-order valence-corrected chi connectivity index (χ2v) is 16.0. The predicted molar refractivity (Wildman–Crippen MR) is 238 cm³/mol. The zero-order chi connectivity index (χ0) is 40.8. The van der Waals surface area contributed by atoms with Gasteiger partial charge in [-0.3, -0.25) is 14.4 Å². The monoisotopic (exact) mass is 787 g/mol. The van der Waals surface area contributed by atoms with Gasteiger partial charge in [0.05, 0.1) is 0 Å². The lowest BCUT2D eigenvalue weighted by Crippen LogP contribution is -2.30. The number of hydrogen-bond acceptors (Lipinski definition) is 6. The van der Waals surface area contributed by atoms with Gasteiger partial charge in [0.25, 0.3) is 0 Å². The zero-order valence-electron chi connectivity index (χ0n) is 37.2. The molecule has 0 rings (SSSR count). The fourth-order valence-electron chi connectivity index (χ4n) is 6.65. The smallest absolute Gasteiger partial charge is 0.306 e. The molecular formula is C50H90O6. The Bertz CT molecular complexity index is 953. The van der Waals surface area contributed by atoms with E-state index in [4.69, 9.17) is 14.2 Å². The maximum atomic E-state index is 12.7. The van der Waals surface area contributed by atoms with Gasteiger partial charge in [-0.15, -0.1) is 0 Å². The van der Waals surface area contributed by atoms with Crippen molar-refractivity contribution in [2.24, 2.45) is 0 Å². The van der Waals surface area contributed by atoms with Crippen LogP contribution in [0.25, 0.3) is 0 Å². The first-order chi connectivity index (χ1) is 27.5. The molecular weight excluding hydrogens is 697 g/mol. The number of ether oxygens (including phenoxy) is 3. The van der Waals surface area contributed by atoms with Crippen LogP contribution in [0.4, 0.5) is 0 Å². The Balaban J connectivity index is 4.38. The molecule has 0 N–H and O–H groups in total. The highest BCUT2D eigenvalue weighted by atomic mass is 16.6. The fraction of sp³-hybridized carbons (Fsp3) is 0.820. The maximum absolute atomic E-state index is 12.7. The standard InChI is InChI=1S/C50H90O6/c1-4-7-10-13-16-19-22-24-25-26-29-31-34-37-40-43-49(52)55-46-47(45-54-48(51)42-39-36-33-30-27-21-18-15-12-9-6-3)56-50(53)44-41-38-35-32-28-23-20-17-14-11-8-5-2/h15,17-18,20,24-25,47H,4-14,16,19,21-23,26-46H2,1-3H3/b18-15-,20-17-,25-24-/t47-/m1/s1. The minimum Gasteiger partial charge on any atom is -0.462 e. The third-order valence-corrected chi connectivity index (χ3v) is 10.3. The van der Waals surface area contributed by atoms with E-state index >= 15 is 0 Å². The first-order valence-electron chi connectivity index (χ1n) is 24.0. The summed E-state index contributed by atoms with van der Waals surface area (Å²) in [6.07, 6.45) is 51.2. The molecule has 326 valence electrons. The minimum atomic E-state index is -0.779. The Labute approximate surface area is 346 Å². The minimum absolute atomic E-state index is 0.0816. The summed E-state index contributed by atoms with van der Waals surface area (Å²) in [7, 11) is 0. The number of hydrogen-bond donors (Lipinski definition) is 0. The van der Waals surface area contributed by atoms with Gasteiger partial charge in [-0.05, 0) is 89.9 Å². The molecule has 0 aromatic rings. The summed E-state index contributed by atoms with van der Waals surface area (Å²) >= 11 is 0. The largest absolute Gasteiger partial charge is 0.462 e. The molecule has 0 heterocycles. The van der Waals surface area contributed by atoms with Crippen molar-refractivity contribution in [2.75, 3.05) is 13.2 Å². The Kier molecular flexibility index (Phi) is 43.4. The van der Waals surface area contributed by atoms with Gasteiger partial charge in [0, 0.05) is 19.3 Å². The Morgan fingerprint density at radius 3 is 0.982 bits per heavy atom. The molecule has 0 unspecified atom stereocenters. The molecule has 0 aliphatic rings. The van der Waals surface area contributed by atoms with Crippen LogP contribution >= 0.6 is 0 Å². The molecule has 0 amide bonds. The predicted octanol–water partition coefficient (Wildman–Crippen LogP) is 15.4. The van der Waals surface area contributed by atoms with Crippen LogP contribution in [0.15, 0.2) is 36.5 Å². The second kappa shape index (κ2) is 45.3. The highest BCUT2D eigenvalue weighted by molar-refractivity contribution is 5.71. The Hall–Kier alpha value is -2.37. The van der Waals surface area contributed by atoms with Crippen molar-refractivity contribution in [2.45, 2.75) is 252 Å². The molecule has 0 radical (unpaired) electrons. The molecule has 6 heteroatoms. The van der Waals surface area contributed by atoms with Crippen molar-refractivity contribution in [3.8, 4) is 0 Å². The lowest BCUT2D eigenvalue weighted by atomic mass is 10.1. The van der Waals surface area contributed by atoms with Crippen LogP contribution in [0, 0.1) is 0 Å². The van der Waals surface area contributed by atoms with Gasteiger partial charge in [-0.1, -0.05) is 173 Å². The molecule has 0 saturated carbocycles. The molecule has 0 fully saturated rings. The Morgan fingerprint density at radius 1 is 0.339 bits per heavy atom. The molecule has 56 heavy (non-hydrogen) atoms. The third kappa shape index (κ3) is 42.8. The molecule has 0 aliphatic carbocycles. The fourth-order valence-corrected chi connectivity index (χ4v) is 6.65. The zero-order valence-corrected chi connectivity index (χ0v) is 37.2. The van der Waals surface area contributed by atoms with Crippen molar-refractivity contribution in [3.63, 3.8) is 0 Å². The summed E-state index contributed by atoms with van der Waals surface area (Å²) in [5.41, 5.74) is 0. The van der Waals surface area contributed by atoms with Crippen LogP contribution < -0.4 is 0 Å². The summed E-state index contributed by atoms with van der Waals surface area (Å²) in [6.45, 7) is 6.55. The van der Waals surface area contributed by atoms with Crippen molar-refractivity contribution in [1.82, 2.24) is 0 Å². The van der Waals surface area contributed by atoms with Crippen molar-refractivity contribution >= 4 is 17.9 Å². The Morgan fingerprint density at radius 2 is 0.607 bits per heavy atom. The van der Waals surface area contributed by atoms with Gasteiger partial charge in [0.15, 0.2) is 6.10 Å². The number of allylic oxidation sites excluding steroid dienone is 6. The van der Waals surface area contributed by atoms with E-state index in [9.17, 15) is 14.4 Å². The lowest BCUT2D eigenvalue weighted by Gasteiger charge is -2.18. The van der Waals surface area contributed by atoms with E-state index in [1.165, 1.54) is 122 Å². The number of unbranched alkanes of at least 4 members (excludes halogenated alkanes) is 26. The van der Waals surface area contributed by atoms with Gasteiger partial charge in [-0.2, -0.15) is 0 Å². The number of rotatable bonds is 43. The highest BCUT2D eigenvalue weighted by Gasteiger charge is 2.19. The number of esters is 3. The second-order valence-electron chi connectivity index (χ2n) is 16.0. The first-order valence-corrected chi connectivity index (χ1v) is 24.0. The van der Waals surface area contributed by atoms with E-state index in [1.54, 1.807) is 0 Å². The maximum Gasteiger partial charge on any atom is 0.306 e. The van der Waals surface area contributed by atoms with Crippen LogP contribution in [-0.2, 0) is 28.6 Å². The van der Waals surface area contributed by atoms with Crippen LogP contribution in [0.2, 0.25) is 0 Å². The third-order valence-electron chi connectivity index (χ3n) is 10.3. The van der Waals surface area contributed by atoms with E-state index in [-0.39, 0.29) is 31.1 Å². The molecule has 0 spiro atoms. The normalized spacial score (nSPS) is 12.3. The van der Waals surface area contributed by atoms with Crippen molar-refractivity contribution in [3.05, 3.63) is 36.5 Å². The molecule has 0 aromatic carbocycles. The summed E-state index contributed by atoms with van der Waals surface area (Å²) in [6, 6.07) is 0. The van der Waals surface area contributed by atoms with Gasteiger partial charge in [0.1, 0.15) is 13.2 Å². The van der Waals surface area contributed by atoms with Crippen LogP contribution in [0.5, 0.6) is 0 Å². The topological polar surface area (TPSA) is 78.9 Å². The van der Waals surface area contributed by atoms with Gasteiger partial charge >= 0.3 is 17.9 Å². The van der Waals surface area contributed by atoms with E-state index in [0.717, 1.165) is 83.5 Å². The van der Waals surface area contributed by atoms with Crippen molar-refractivity contribution < 1.29 is 28.6 Å². The molecule has 0 aromatic heterocycles. The summed E-state index contributed by atoms with van der Waals surface area (Å²) in [5, 5.41) is 0. The first kappa shape index (κ1) is 53.6. The van der Waals surface area contributed by atoms with Gasteiger partial charge in [0.2, 0.25) is 0 Å². The number of carbonyl (C=O) groups is 3. The molecule has 6 nitrogen and oxygen atoms in total. The quantitative estimate of drug-likeness (QED) is 0.0265. The van der Waals surface area contributed by atoms with E-state index < -0.39 is 6.10 Å². The molecule has 1 atom stereocenters. The summed E-state index contributed by atoms with van der Waals surface area (Å²) in [4.78, 5) is 37.8. The van der Waals surface area contributed by atoms with E-state index in [0.29, 0.717) is 19.3 Å².